The number of piperidine rings is 1. The molecule has 0 aromatic heterocycles. The van der Waals surface area contributed by atoms with Crippen molar-refractivity contribution >= 4 is 0 Å². The smallest absolute Gasteiger partial charge is 0.119 e. The average Bonchev–Trinajstić information content (AvgIpc) is 2.64. The summed E-state index contributed by atoms with van der Waals surface area (Å²) in [5.41, 5.74) is 1.41. The van der Waals surface area contributed by atoms with Crippen LogP contribution in [0.15, 0.2) is 54.6 Å². The molecule has 1 heterocycles. The van der Waals surface area contributed by atoms with Crippen LogP contribution >= 0.6 is 0 Å². The van der Waals surface area contributed by atoms with E-state index in [1.807, 2.05) is 30.3 Å². The molecular weight excluding hydrogens is 286 g/mol. The highest BCUT2D eigenvalue weighted by Crippen LogP contribution is 2.25. The maximum atomic E-state index is 5.79. The summed E-state index contributed by atoms with van der Waals surface area (Å²) in [6.45, 7) is 3.60. The van der Waals surface area contributed by atoms with Gasteiger partial charge in [0.15, 0.2) is 0 Å². The molecule has 3 nitrogen and oxygen atoms in total. The van der Waals surface area contributed by atoms with E-state index in [1.54, 1.807) is 0 Å². The molecular formula is C20H25NO2. The minimum absolute atomic E-state index is 0.650. The summed E-state index contributed by atoms with van der Waals surface area (Å²) in [4.78, 5) is 0. The molecule has 23 heavy (non-hydrogen) atoms. The van der Waals surface area contributed by atoms with Crippen LogP contribution in [-0.2, 0) is 0 Å². The molecule has 0 bridgehead atoms. The van der Waals surface area contributed by atoms with Gasteiger partial charge in [0.2, 0.25) is 0 Å². The molecule has 0 radical (unpaired) electrons. The molecule has 1 saturated heterocycles. The zero-order valence-electron chi connectivity index (χ0n) is 13.5. The fourth-order valence-electron chi connectivity index (χ4n) is 2.93. The van der Waals surface area contributed by atoms with Gasteiger partial charge in [-0.2, -0.15) is 0 Å². The van der Waals surface area contributed by atoms with E-state index < -0.39 is 0 Å². The first-order chi connectivity index (χ1) is 11.4. The highest BCUT2D eigenvalue weighted by molar-refractivity contribution is 5.30. The van der Waals surface area contributed by atoms with Gasteiger partial charge in [-0.15, -0.1) is 0 Å². The van der Waals surface area contributed by atoms with Gasteiger partial charge in [-0.05, 0) is 55.1 Å². The number of rotatable bonds is 7. The van der Waals surface area contributed by atoms with Crippen molar-refractivity contribution in [1.29, 1.82) is 0 Å². The lowest BCUT2D eigenvalue weighted by atomic mass is 9.92. The van der Waals surface area contributed by atoms with E-state index in [9.17, 15) is 0 Å². The molecule has 1 unspecified atom stereocenters. The van der Waals surface area contributed by atoms with E-state index in [4.69, 9.17) is 9.47 Å². The second kappa shape index (κ2) is 8.59. The number of hydrogen-bond acceptors (Lipinski definition) is 3. The second-order valence-electron chi connectivity index (χ2n) is 5.98. The molecule has 1 atom stereocenters. The molecule has 1 aliphatic rings. The van der Waals surface area contributed by atoms with Gasteiger partial charge >= 0.3 is 0 Å². The Morgan fingerprint density at radius 2 is 1.57 bits per heavy atom. The molecule has 3 heteroatoms. The summed E-state index contributed by atoms with van der Waals surface area (Å²) in [6.07, 6.45) is 3.43. The molecule has 0 aliphatic carbocycles. The zero-order chi connectivity index (χ0) is 15.7. The molecule has 0 amide bonds. The molecule has 1 N–H and O–H groups in total. The average molecular weight is 311 g/mol. The highest BCUT2D eigenvalue weighted by atomic mass is 16.5. The molecule has 2 aromatic carbocycles. The van der Waals surface area contributed by atoms with Crippen LogP contribution in [0.4, 0.5) is 0 Å². The number of ether oxygens (including phenoxy) is 2. The molecule has 3 rings (SSSR count). The number of hydrogen-bond donors (Lipinski definition) is 1. The van der Waals surface area contributed by atoms with Gasteiger partial charge in [0.05, 0.1) is 13.2 Å². The van der Waals surface area contributed by atoms with Gasteiger partial charge < -0.3 is 14.8 Å². The van der Waals surface area contributed by atoms with Crippen LogP contribution in [0.25, 0.3) is 0 Å². The van der Waals surface area contributed by atoms with Crippen molar-refractivity contribution in [1.82, 2.24) is 5.32 Å². The maximum Gasteiger partial charge on any atom is 0.119 e. The fourth-order valence-corrected chi connectivity index (χ4v) is 2.93. The van der Waals surface area contributed by atoms with E-state index in [2.05, 4.69) is 29.6 Å². The van der Waals surface area contributed by atoms with Crippen molar-refractivity contribution in [2.45, 2.75) is 25.2 Å². The van der Waals surface area contributed by atoms with E-state index in [0.717, 1.165) is 31.0 Å². The van der Waals surface area contributed by atoms with Crippen LogP contribution in [0, 0.1) is 0 Å². The Hall–Kier alpha value is -2.00. The summed E-state index contributed by atoms with van der Waals surface area (Å²) in [5.74, 6) is 2.51. The lowest BCUT2D eigenvalue weighted by Crippen LogP contribution is -2.28. The minimum Gasteiger partial charge on any atom is -0.493 e. The second-order valence-corrected chi connectivity index (χ2v) is 5.98. The van der Waals surface area contributed by atoms with Crippen molar-refractivity contribution in [3.63, 3.8) is 0 Å². The molecule has 0 saturated carbocycles. The highest BCUT2D eigenvalue weighted by Gasteiger charge is 2.14. The van der Waals surface area contributed by atoms with E-state index in [1.165, 1.54) is 18.4 Å². The number of para-hydroxylation sites is 1. The molecule has 122 valence electrons. The summed E-state index contributed by atoms with van der Waals surface area (Å²) in [5, 5.41) is 3.46. The topological polar surface area (TPSA) is 30.5 Å². The standard InChI is InChI=1S/C20H25NO2/c1-2-7-19(8-3-1)22-14-5-15-23-20-11-9-17(10-12-20)18-6-4-13-21-16-18/h1-3,7-12,18,21H,4-6,13-16H2. The Balaban J connectivity index is 1.37. The third-order valence-electron chi connectivity index (χ3n) is 4.22. The third-order valence-corrected chi connectivity index (χ3v) is 4.22. The first-order valence-electron chi connectivity index (χ1n) is 8.53. The van der Waals surface area contributed by atoms with E-state index in [0.29, 0.717) is 19.1 Å². The third kappa shape index (κ3) is 5.00. The largest absolute Gasteiger partial charge is 0.493 e. The predicted molar refractivity (Wildman–Crippen MR) is 93.3 cm³/mol. The van der Waals surface area contributed by atoms with Gasteiger partial charge in [0, 0.05) is 13.0 Å². The Bertz CT molecular complexity index is 562. The fraction of sp³-hybridized carbons (Fsp3) is 0.400. The molecule has 2 aromatic rings. The van der Waals surface area contributed by atoms with Crippen LogP contribution in [-0.4, -0.2) is 26.3 Å². The SMILES string of the molecule is c1ccc(OCCCOc2ccc(C3CCCNC3)cc2)cc1. The van der Waals surface area contributed by atoms with Crippen LogP contribution in [0.1, 0.15) is 30.7 Å². The van der Waals surface area contributed by atoms with Gasteiger partial charge in [0.1, 0.15) is 11.5 Å². The molecule has 0 spiro atoms. The maximum absolute atomic E-state index is 5.79. The summed E-state index contributed by atoms with van der Waals surface area (Å²) in [7, 11) is 0. The summed E-state index contributed by atoms with van der Waals surface area (Å²) >= 11 is 0. The lowest BCUT2D eigenvalue weighted by Gasteiger charge is -2.23. The first-order valence-corrected chi connectivity index (χ1v) is 8.53. The van der Waals surface area contributed by atoms with Gasteiger partial charge in [0.25, 0.3) is 0 Å². The Labute approximate surface area is 138 Å². The monoisotopic (exact) mass is 311 g/mol. The molecule has 1 aliphatic heterocycles. The van der Waals surface area contributed by atoms with Crippen molar-refractivity contribution in [3.05, 3.63) is 60.2 Å². The van der Waals surface area contributed by atoms with Gasteiger partial charge in [-0.1, -0.05) is 30.3 Å². The first kappa shape index (κ1) is 15.9. The summed E-state index contributed by atoms with van der Waals surface area (Å²) in [6, 6.07) is 18.5. The lowest BCUT2D eigenvalue weighted by molar-refractivity contribution is 0.247. The predicted octanol–water partition coefficient (Wildman–Crippen LogP) is 4.00. The van der Waals surface area contributed by atoms with E-state index in [-0.39, 0.29) is 0 Å². The van der Waals surface area contributed by atoms with Crippen LogP contribution in [0.3, 0.4) is 0 Å². The van der Waals surface area contributed by atoms with Gasteiger partial charge in [-0.3, -0.25) is 0 Å². The number of benzene rings is 2. The van der Waals surface area contributed by atoms with Crippen molar-refractivity contribution < 1.29 is 9.47 Å². The van der Waals surface area contributed by atoms with Crippen molar-refractivity contribution in [2.24, 2.45) is 0 Å². The number of nitrogens with one attached hydrogen (secondary N) is 1. The van der Waals surface area contributed by atoms with Crippen LogP contribution < -0.4 is 14.8 Å². The normalized spacial score (nSPS) is 17.7. The van der Waals surface area contributed by atoms with E-state index >= 15 is 0 Å². The van der Waals surface area contributed by atoms with Crippen LogP contribution in [0.2, 0.25) is 0 Å². The Kier molecular flexibility index (Phi) is 5.93. The van der Waals surface area contributed by atoms with Crippen LogP contribution in [0.5, 0.6) is 11.5 Å². The molecule has 1 fully saturated rings. The Morgan fingerprint density at radius 1 is 0.870 bits per heavy atom. The zero-order valence-corrected chi connectivity index (χ0v) is 13.5. The van der Waals surface area contributed by atoms with Gasteiger partial charge in [-0.25, -0.2) is 0 Å². The minimum atomic E-state index is 0.650. The van der Waals surface area contributed by atoms with Crippen molar-refractivity contribution in [2.75, 3.05) is 26.3 Å². The summed E-state index contributed by atoms with van der Waals surface area (Å²) < 4.78 is 11.4. The van der Waals surface area contributed by atoms with Crippen molar-refractivity contribution in [3.8, 4) is 11.5 Å². The Morgan fingerprint density at radius 3 is 2.22 bits per heavy atom. The quantitative estimate of drug-likeness (QED) is 0.784.